The van der Waals surface area contributed by atoms with Gasteiger partial charge in [0, 0.05) is 24.2 Å². The van der Waals surface area contributed by atoms with Gasteiger partial charge in [-0.05, 0) is 18.9 Å². The second kappa shape index (κ2) is 5.25. The first-order valence-corrected chi connectivity index (χ1v) is 5.11. The van der Waals surface area contributed by atoms with E-state index in [4.69, 9.17) is 5.73 Å². The molecule has 1 rings (SSSR count). The molecule has 0 saturated carbocycles. The standard InChI is InChI=1S/C11H15N3O2/c1-3-6-13-11(12)10-7-9(14(15)16)5-4-8(10)2/h4-5,7H,3,6H2,1-2H3,(H2,12,13). The highest BCUT2D eigenvalue weighted by molar-refractivity contribution is 5.99. The van der Waals surface area contributed by atoms with Gasteiger partial charge in [-0.25, -0.2) is 0 Å². The molecule has 0 bridgehead atoms. The minimum atomic E-state index is -0.434. The second-order valence-electron chi connectivity index (χ2n) is 3.52. The van der Waals surface area contributed by atoms with E-state index in [0.29, 0.717) is 17.9 Å². The molecule has 0 saturated heterocycles. The van der Waals surface area contributed by atoms with Crippen LogP contribution in [0.4, 0.5) is 5.69 Å². The molecule has 0 aliphatic heterocycles. The molecule has 5 heteroatoms. The SMILES string of the molecule is CCCN=C(N)c1cc([N+](=O)[O-])ccc1C. The largest absolute Gasteiger partial charge is 0.383 e. The first-order chi connectivity index (χ1) is 7.56. The van der Waals surface area contributed by atoms with E-state index < -0.39 is 4.92 Å². The number of nitro groups is 1. The number of aliphatic imine (C=N–C) groups is 1. The van der Waals surface area contributed by atoms with Gasteiger partial charge in [-0.2, -0.15) is 0 Å². The van der Waals surface area contributed by atoms with E-state index in [0.717, 1.165) is 12.0 Å². The summed E-state index contributed by atoms with van der Waals surface area (Å²) in [4.78, 5) is 14.3. The molecule has 5 nitrogen and oxygen atoms in total. The van der Waals surface area contributed by atoms with E-state index in [9.17, 15) is 10.1 Å². The number of nitrogens with zero attached hydrogens (tertiary/aromatic N) is 2. The molecule has 86 valence electrons. The van der Waals surface area contributed by atoms with Crippen molar-refractivity contribution in [2.24, 2.45) is 10.7 Å². The third kappa shape index (κ3) is 2.79. The van der Waals surface area contributed by atoms with Crippen molar-refractivity contribution in [2.45, 2.75) is 20.3 Å². The Labute approximate surface area is 94.1 Å². The molecule has 0 fully saturated rings. The first-order valence-electron chi connectivity index (χ1n) is 5.11. The van der Waals surface area contributed by atoms with Crippen molar-refractivity contribution in [2.75, 3.05) is 6.54 Å². The average molecular weight is 221 g/mol. The van der Waals surface area contributed by atoms with Gasteiger partial charge in [-0.3, -0.25) is 15.1 Å². The Morgan fingerprint density at radius 3 is 2.81 bits per heavy atom. The zero-order valence-corrected chi connectivity index (χ0v) is 9.43. The maximum absolute atomic E-state index is 10.6. The molecule has 0 aliphatic carbocycles. The van der Waals surface area contributed by atoms with Crippen LogP contribution in [-0.2, 0) is 0 Å². The fourth-order valence-corrected chi connectivity index (χ4v) is 1.32. The monoisotopic (exact) mass is 221 g/mol. The number of rotatable bonds is 4. The molecule has 0 unspecified atom stereocenters. The van der Waals surface area contributed by atoms with Crippen molar-refractivity contribution in [3.05, 3.63) is 39.4 Å². The third-order valence-electron chi connectivity index (χ3n) is 2.21. The maximum Gasteiger partial charge on any atom is 0.270 e. The van der Waals surface area contributed by atoms with Crippen molar-refractivity contribution in [1.82, 2.24) is 0 Å². The van der Waals surface area contributed by atoms with E-state index in [-0.39, 0.29) is 5.69 Å². The molecule has 2 N–H and O–H groups in total. The second-order valence-corrected chi connectivity index (χ2v) is 3.52. The highest BCUT2D eigenvalue weighted by Gasteiger charge is 2.10. The van der Waals surface area contributed by atoms with Crippen LogP contribution in [0, 0.1) is 17.0 Å². The van der Waals surface area contributed by atoms with Gasteiger partial charge in [0.1, 0.15) is 5.84 Å². The van der Waals surface area contributed by atoms with Gasteiger partial charge < -0.3 is 5.73 Å². The summed E-state index contributed by atoms with van der Waals surface area (Å²) in [5.74, 6) is 0.364. The van der Waals surface area contributed by atoms with Crippen LogP contribution >= 0.6 is 0 Å². The molecule has 0 atom stereocenters. The van der Waals surface area contributed by atoms with E-state index in [1.165, 1.54) is 12.1 Å². The Morgan fingerprint density at radius 1 is 1.56 bits per heavy atom. The molecule has 0 aliphatic rings. The highest BCUT2D eigenvalue weighted by Crippen LogP contribution is 2.17. The van der Waals surface area contributed by atoms with Crippen molar-refractivity contribution in [3.8, 4) is 0 Å². The molecule has 0 spiro atoms. The van der Waals surface area contributed by atoms with E-state index in [2.05, 4.69) is 4.99 Å². The summed E-state index contributed by atoms with van der Waals surface area (Å²) >= 11 is 0. The Kier molecular flexibility index (Phi) is 3.99. The lowest BCUT2D eigenvalue weighted by molar-refractivity contribution is -0.384. The van der Waals surface area contributed by atoms with Crippen molar-refractivity contribution in [1.29, 1.82) is 0 Å². The lowest BCUT2D eigenvalue weighted by Gasteiger charge is -2.04. The van der Waals surface area contributed by atoms with Crippen molar-refractivity contribution in [3.63, 3.8) is 0 Å². The van der Waals surface area contributed by atoms with Crippen LogP contribution in [0.25, 0.3) is 0 Å². The summed E-state index contributed by atoms with van der Waals surface area (Å²) in [6.45, 7) is 4.48. The molecule has 0 radical (unpaired) electrons. The molecule has 1 aromatic carbocycles. The van der Waals surface area contributed by atoms with Crippen LogP contribution in [0.15, 0.2) is 23.2 Å². The molecule has 1 aromatic rings. The predicted octanol–water partition coefficient (Wildman–Crippen LogP) is 2.02. The lowest BCUT2D eigenvalue weighted by Crippen LogP contribution is -2.15. The Hall–Kier alpha value is -1.91. The van der Waals surface area contributed by atoms with Crippen molar-refractivity contribution >= 4 is 11.5 Å². The van der Waals surface area contributed by atoms with Gasteiger partial charge in [-0.1, -0.05) is 13.0 Å². The van der Waals surface area contributed by atoms with Gasteiger partial charge >= 0.3 is 0 Å². The minimum absolute atomic E-state index is 0.0373. The average Bonchev–Trinajstić information content (AvgIpc) is 2.26. The highest BCUT2D eigenvalue weighted by atomic mass is 16.6. The summed E-state index contributed by atoms with van der Waals surface area (Å²) in [5, 5.41) is 10.6. The van der Waals surface area contributed by atoms with Crippen molar-refractivity contribution < 1.29 is 4.92 Å². The Balaban J connectivity index is 3.11. The molecule has 0 heterocycles. The van der Waals surface area contributed by atoms with E-state index in [1.54, 1.807) is 6.07 Å². The number of hydrogen-bond donors (Lipinski definition) is 1. The van der Waals surface area contributed by atoms with Gasteiger partial charge in [0.05, 0.1) is 4.92 Å². The van der Waals surface area contributed by atoms with Gasteiger partial charge in [0.2, 0.25) is 0 Å². The summed E-state index contributed by atoms with van der Waals surface area (Å²) in [6.07, 6.45) is 0.897. The van der Waals surface area contributed by atoms with Crippen LogP contribution in [0.2, 0.25) is 0 Å². The summed E-state index contributed by atoms with van der Waals surface area (Å²) in [7, 11) is 0. The topological polar surface area (TPSA) is 81.5 Å². The minimum Gasteiger partial charge on any atom is -0.383 e. The van der Waals surface area contributed by atoms with Gasteiger partial charge in [0.25, 0.3) is 5.69 Å². The maximum atomic E-state index is 10.6. The fourth-order valence-electron chi connectivity index (χ4n) is 1.32. The summed E-state index contributed by atoms with van der Waals surface area (Å²) < 4.78 is 0. The quantitative estimate of drug-likeness (QED) is 0.365. The number of hydrogen-bond acceptors (Lipinski definition) is 3. The summed E-state index contributed by atoms with van der Waals surface area (Å²) in [6, 6.07) is 4.61. The van der Waals surface area contributed by atoms with Crippen LogP contribution in [0.5, 0.6) is 0 Å². The number of non-ortho nitro benzene ring substituents is 1. The number of amidine groups is 1. The van der Waals surface area contributed by atoms with Crippen LogP contribution in [0.1, 0.15) is 24.5 Å². The third-order valence-corrected chi connectivity index (χ3v) is 2.21. The molecule has 16 heavy (non-hydrogen) atoms. The number of benzene rings is 1. The van der Waals surface area contributed by atoms with Crippen LogP contribution in [0.3, 0.4) is 0 Å². The fraction of sp³-hybridized carbons (Fsp3) is 0.364. The Morgan fingerprint density at radius 2 is 2.25 bits per heavy atom. The van der Waals surface area contributed by atoms with Gasteiger partial charge in [0.15, 0.2) is 0 Å². The zero-order chi connectivity index (χ0) is 12.1. The zero-order valence-electron chi connectivity index (χ0n) is 9.43. The van der Waals surface area contributed by atoms with Crippen LogP contribution in [-0.4, -0.2) is 17.3 Å². The van der Waals surface area contributed by atoms with E-state index >= 15 is 0 Å². The number of nitro benzene ring substituents is 1. The molecular formula is C11H15N3O2. The molecule has 0 amide bonds. The van der Waals surface area contributed by atoms with E-state index in [1.807, 2.05) is 13.8 Å². The number of aryl methyl sites for hydroxylation is 1. The first kappa shape index (κ1) is 12.2. The normalized spacial score (nSPS) is 11.5. The molecular weight excluding hydrogens is 206 g/mol. The van der Waals surface area contributed by atoms with Crippen LogP contribution < -0.4 is 5.73 Å². The molecule has 0 aromatic heterocycles. The summed E-state index contributed by atoms with van der Waals surface area (Å²) in [5.41, 5.74) is 7.35. The smallest absolute Gasteiger partial charge is 0.270 e. The van der Waals surface area contributed by atoms with Gasteiger partial charge in [-0.15, -0.1) is 0 Å². The number of nitrogens with two attached hydrogens (primary N) is 1. The predicted molar refractivity (Wildman–Crippen MR) is 63.7 cm³/mol. The lowest BCUT2D eigenvalue weighted by atomic mass is 10.1. The Bertz CT molecular complexity index is 427.